The molecule has 2 unspecified atom stereocenters. The zero-order valence-electron chi connectivity index (χ0n) is 14.9. The first-order valence-electron chi connectivity index (χ1n) is 9.22. The molecule has 2 aliphatic heterocycles. The molecule has 0 radical (unpaired) electrons. The van der Waals surface area contributed by atoms with Crippen LogP contribution in [-0.4, -0.2) is 61.8 Å². The minimum Gasteiger partial charge on any atom is -0.342 e. The number of hydrogen-bond acceptors (Lipinski definition) is 4. The molecule has 0 N–H and O–H groups in total. The molecule has 2 aliphatic rings. The predicted molar refractivity (Wildman–Crippen MR) is 98.8 cm³/mol. The van der Waals surface area contributed by atoms with Gasteiger partial charge < -0.3 is 4.90 Å². The van der Waals surface area contributed by atoms with Gasteiger partial charge in [0.1, 0.15) is 0 Å². The molecule has 2 fully saturated rings. The van der Waals surface area contributed by atoms with Crippen LogP contribution in [0.5, 0.6) is 0 Å². The summed E-state index contributed by atoms with van der Waals surface area (Å²) in [5, 5.41) is 0. The van der Waals surface area contributed by atoms with Crippen LogP contribution in [0, 0.1) is 11.8 Å². The standard InChI is InChI=1S/C19H28N2O3S/c1-2-21(19(22)18-9-11-25(23,24)15-18)14-17-8-10-20(13-17)12-16-6-4-3-5-7-16/h3-7,17-18H,2,8-15H2,1H3. The molecule has 0 aromatic heterocycles. The van der Waals surface area contributed by atoms with Gasteiger partial charge in [0, 0.05) is 26.2 Å². The number of nitrogens with zero attached hydrogens (tertiary/aromatic N) is 2. The lowest BCUT2D eigenvalue weighted by Crippen LogP contribution is -2.40. The Kier molecular flexibility index (Phi) is 5.79. The maximum atomic E-state index is 12.7. The van der Waals surface area contributed by atoms with E-state index in [0.29, 0.717) is 18.9 Å². The van der Waals surface area contributed by atoms with Crippen molar-refractivity contribution in [3.8, 4) is 0 Å². The molecule has 3 rings (SSSR count). The molecule has 1 aromatic carbocycles. The van der Waals surface area contributed by atoms with Crippen LogP contribution in [0.1, 0.15) is 25.3 Å². The fourth-order valence-corrected chi connectivity index (χ4v) is 5.71. The third-order valence-corrected chi connectivity index (χ3v) is 7.14. The number of sulfone groups is 1. The summed E-state index contributed by atoms with van der Waals surface area (Å²) in [6.45, 7) is 6.41. The fraction of sp³-hybridized carbons (Fsp3) is 0.632. The van der Waals surface area contributed by atoms with Gasteiger partial charge in [-0.2, -0.15) is 0 Å². The molecule has 1 aromatic rings. The molecule has 0 bridgehead atoms. The van der Waals surface area contributed by atoms with Crippen LogP contribution >= 0.6 is 0 Å². The minimum atomic E-state index is -3.01. The van der Waals surface area contributed by atoms with E-state index in [0.717, 1.165) is 32.6 Å². The quantitative estimate of drug-likeness (QED) is 0.772. The Bertz CT molecular complexity index is 690. The lowest BCUT2D eigenvalue weighted by Gasteiger charge is -2.27. The summed E-state index contributed by atoms with van der Waals surface area (Å²) in [4.78, 5) is 17.0. The second-order valence-corrected chi connectivity index (χ2v) is 9.58. The van der Waals surface area contributed by atoms with Crippen molar-refractivity contribution in [2.75, 3.05) is 37.7 Å². The van der Waals surface area contributed by atoms with Gasteiger partial charge in [-0.15, -0.1) is 0 Å². The van der Waals surface area contributed by atoms with Gasteiger partial charge in [-0.05, 0) is 37.8 Å². The smallest absolute Gasteiger partial charge is 0.226 e. The number of carbonyl (C=O) groups excluding carboxylic acids is 1. The molecule has 2 atom stereocenters. The number of rotatable bonds is 6. The van der Waals surface area contributed by atoms with Crippen LogP contribution in [0.2, 0.25) is 0 Å². The predicted octanol–water partition coefficient (Wildman–Crippen LogP) is 1.79. The molecular weight excluding hydrogens is 336 g/mol. The van der Waals surface area contributed by atoms with Crippen molar-refractivity contribution in [1.29, 1.82) is 0 Å². The second-order valence-electron chi connectivity index (χ2n) is 7.35. The molecule has 0 spiro atoms. The van der Waals surface area contributed by atoms with Crippen molar-refractivity contribution in [2.24, 2.45) is 11.8 Å². The van der Waals surface area contributed by atoms with Crippen LogP contribution in [0.4, 0.5) is 0 Å². The average molecular weight is 365 g/mol. The first-order valence-corrected chi connectivity index (χ1v) is 11.0. The highest BCUT2D eigenvalue weighted by Crippen LogP contribution is 2.24. The Morgan fingerprint density at radius 3 is 2.64 bits per heavy atom. The van der Waals surface area contributed by atoms with Gasteiger partial charge >= 0.3 is 0 Å². The number of hydrogen-bond donors (Lipinski definition) is 0. The van der Waals surface area contributed by atoms with Crippen LogP contribution < -0.4 is 0 Å². The van der Waals surface area contributed by atoms with Crippen LogP contribution in [0.3, 0.4) is 0 Å². The van der Waals surface area contributed by atoms with E-state index < -0.39 is 9.84 Å². The van der Waals surface area contributed by atoms with E-state index in [1.165, 1.54) is 5.56 Å². The molecule has 5 nitrogen and oxygen atoms in total. The third kappa shape index (κ3) is 4.82. The fourth-order valence-electron chi connectivity index (χ4n) is 3.98. The zero-order chi connectivity index (χ0) is 17.9. The summed E-state index contributed by atoms with van der Waals surface area (Å²) < 4.78 is 23.3. The number of benzene rings is 1. The Morgan fingerprint density at radius 1 is 1.24 bits per heavy atom. The molecular formula is C19H28N2O3S. The maximum absolute atomic E-state index is 12.7. The largest absolute Gasteiger partial charge is 0.342 e. The first-order chi connectivity index (χ1) is 12.0. The second kappa shape index (κ2) is 7.87. The Labute approximate surface area is 150 Å². The lowest BCUT2D eigenvalue weighted by molar-refractivity contribution is -0.135. The molecule has 0 aliphatic carbocycles. The number of likely N-dealkylation sites (tertiary alicyclic amines) is 1. The van der Waals surface area contributed by atoms with Gasteiger partial charge in [-0.25, -0.2) is 8.42 Å². The van der Waals surface area contributed by atoms with E-state index >= 15 is 0 Å². The van der Waals surface area contributed by atoms with E-state index in [2.05, 4.69) is 29.2 Å². The highest BCUT2D eigenvalue weighted by atomic mass is 32.2. The summed E-state index contributed by atoms with van der Waals surface area (Å²) in [6.07, 6.45) is 1.59. The molecule has 2 heterocycles. The molecule has 1 amide bonds. The monoisotopic (exact) mass is 364 g/mol. The van der Waals surface area contributed by atoms with Gasteiger partial charge in [0.2, 0.25) is 5.91 Å². The van der Waals surface area contributed by atoms with Crippen molar-refractivity contribution >= 4 is 15.7 Å². The van der Waals surface area contributed by atoms with Crippen molar-refractivity contribution in [3.05, 3.63) is 35.9 Å². The van der Waals surface area contributed by atoms with Gasteiger partial charge in [-0.1, -0.05) is 30.3 Å². The topological polar surface area (TPSA) is 57.7 Å². The molecule has 2 saturated heterocycles. The van der Waals surface area contributed by atoms with E-state index in [1.54, 1.807) is 0 Å². The number of carbonyl (C=O) groups is 1. The number of amides is 1. The third-order valence-electron chi connectivity index (χ3n) is 5.37. The highest BCUT2D eigenvalue weighted by Gasteiger charge is 2.36. The first kappa shape index (κ1) is 18.4. The Balaban J connectivity index is 1.51. The average Bonchev–Trinajstić information content (AvgIpc) is 3.19. The molecule has 0 saturated carbocycles. The maximum Gasteiger partial charge on any atom is 0.226 e. The highest BCUT2D eigenvalue weighted by molar-refractivity contribution is 7.91. The lowest BCUT2D eigenvalue weighted by atomic mass is 10.0. The van der Waals surface area contributed by atoms with E-state index in [4.69, 9.17) is 0 Å². The van der Waals surface area contributed by atoms with Crippen LogP contribution in [-0.2, 0) is 21.2 Å². The summed E-state index contributed by atoms with van der Waals surface area (Å²) >= 11 is 0. The Hall–Kier alpha value is -1.40. The van der Waals surface area contributed by atoms with Crippen molar-refractivity contribution in [3.63, 3.8) is 0 Å². The summed E-state index contributed by atoms with van der Waals surface area (Å²) in [5.41, 5.74) is 1.32. The van der Waals surface area contributed by atoms with Crippen molar-refractivity contribution < 1.29 is 13.2 Å². The molecule has 25 heavy (non-hydrogen) atoms. The van der Waals surface area contributed by atoms with Gasteiger partial charge in [-0.3, -0.25) is 9.69 Å². The van der Waals surface area contributed by atoms with E-state index in [9.17, 15) is 13.2 Å². The summed E-state index contributed by atoms with van der Waals surface area (Å²) in [6, 6.07) is 10.5. The van der Waals surface area contributed by atoms with Crippen molar-refractivity contribution in [2.45, 2.75) is 26.3 Å². The SMILES string of the molecule is CCN(CC1CCN(Cc2ccccc2)C1)C(=O)C1CCS(=O)(=O)C1. The van der Waals surface area contributed by atoms with E-state index in [1.807, 2.05) is 17.9 Å². The summed E-state index contributed by atoms with van der Waals surface area (Å²) in [5.74, 6) is 0.380. The van der Waals surface area contributed by atoms with Crippen LogP contribution in [0.15, 0.2) is 30.3 Å². The van der Waals surface area contributed by atoms with Crippen molar-refractivity contribution in [1.82, 2.24) is 9.80 Å². The van der Waals surface area contributed by atoms with Gasteiger partial charge in [0.15, 0.2) is 9.84 Å². The normalized spacial score (nSPS) is 26.0. The molecule has 138 valence electrons. The van der Waals surface area contributed by atoms with Gasteiger partial charge in [0.25, 0.3) is 0 Å². The van der Waals surface area contributed by atoms with Gasteiger partial charge in [0.05, 0.1) is 17.4 Å². The van der Waals surface area contributed by atoms with E-state index in [-0.39, 0.29) is 23.3 Å². The summed E-state index contributed by atoms with van der Waals surface area (Å²) in [7, 11) is -3.01. The zero-order valence-corrected chi connectivity index (χ0v) is 15.7. The Morgan fingerprint density at radius 2 is 2.00 bits per heavy atom. The minimum absolute atomic E-state index is 0.0325. The van der Waals surface area contributed by atoms with Crippen LogP contribution in [0.25, 0.3) is 0 Å². The molecule has 6 heteroatoms.